The summed E-state index contributed by atoms with van der Waals surface area (Å²) in [6.45, 7) is -4.32. The van der Waals surface area contributed by atoms with Crippen LogP contribution in [0.15, 0.2) is 0 Å². The number of hydrogen-bond acceptors (Lipinski definition) is 24. The van der Waals surface area contributed by atoms with Gasteiger partial charge in [-0.25, -0.2) is 19.2 Å². The van der Waals surface area contributed by atoms with Crippen LogP contribution in [0.1, 0.15) is 51.4 Å². The third kappa shape index (κ3) is 18.7. The number of esters is 1. The molecule has 4 saturated heterocycles. The van der Waals surface area contributed by atoms with Gasteiger partial charge in [0.25, 0.3) is 35.4 Å². The molecule has 0 saturated carbocycles. The highest BCUT2D eigenvalue weighted by Crippen LogP contribution is 2.22. The zero-order chi connectivity index (χ0) is 48.6. The Morgan fingerprint density at radius 1 is 0.343 bits per heavy atom. The Labute approximate surface area is 381 Å². The molecule has 67 heavy (non-hydrogen) atoms. The Balaban J connectivity index is 1.28. The summed E-state index contributed by atoms with van der Waals surface area (Å²) >= 11 is 0. The number of carbonyl (C=O) groups is 12. The molecule has 0 aliphatic carbocycles. The van der Waals surface area contributed by atoms with E-state index in [0.717, 1.165) is 4.90 Å². The second kappa shape index (κ2) is 28.3. The van der Waals surface area contributed by atoms with E-state index in [0.29, 0.717) is 15.2 Å². The number of hydroxylamine groups is 6. The van der Waals surface area contributed by atoms with Crippen molar-refractivity contribution >= 4 is 71.1 Å². The van der Waals surface area contributed by atoms with Crippen LogP contribution in [-0.2, 0) is 115 Å². The summed E-state index contributed by atoms with van der Waals surface area (Å²) < 4.78 is 49.6. The van der Waals surface area contributed by atoms with Crippen molar-refractivity contribution in [1.29, 1.82) is 0 Å². The molecule has 4 aliphatic rings. The lowest BCUT2D eigenvalue weighted by Crippen LogP contribution is -2.43. The molecule has 8 amide bonds. The lowest BCUT2D eigenvalue weighted by Gasteiger charge is -2.33. The van der Waals surface area contributed by atoms with Gasteiger partial charge < -0.3 is 57.1 Å². The lowest BCUT2D eigenvalue weighted by molar-refractivity contribution is -0.200. The van der Waals surface area contributed by atoms with E-state index in [1.165, 1.54) is 0 Å². The predicted molar refractivity (Wildman–Crippen MR) is 207 cm³/mol. The van der Waals surface area contributed by atoms with Crippen LogP contribution in [-0.4, -0.2) is 210 Å². The maximum Gasteiger partial charge on any atom is 0.358 e. The molecule has 4 aliphatic heterocycles. The van der Waals surface area contributed by atoms with Gasteiger partial charge >= 0.3 is 23.9 Å². The van der Waals surface area contributed by atoms with Crippen LogP contribution in [0.25, 0.3) is 0 Å². The van der Waals surface area contributed by atoms with Gasteiger partial charge in [-0.3, -0.25) is 43.3 Å². The largest absolute Gasteiger partial charge is 0.462 e. The van der Waals surface area contributed by atoms with Gasteiger partial charge in [0.15, 0.2) is 0 Å². The fourth-order valence-electron chi connectivity index (χ4n) is 6.02. The minimum absolute atomic E-state index is 0.0774. The molecule has 0 spiro atoms. The van der Waals surface area contributed by atoms with E-state index in [-0.39, 0.29) is 156 Å². The fraction of sp³-hybridized carbons (Fsp3) is 0.692. The monoisotopic (exact) mass is 960 g/mol. The maximum absolute atomic E-state index is 12.2. The highest BCUT2D eigenvalue weighted by atomic mass is 16.7. The van der Waals surface area contributed by atoms with Gasteiger partial charge in [-0.1, -0.05) is 0 Å². The first-order valence-corrected chi connectivity index (χ1v) is 21.0. The van der Waals surface area contributed by atoms with Crippen molar-refractivity contribution in [3.63, 3.8) is 0 Å². The molecule has 0 unspecified atom stereocenters. The topological polar surface area (TPSA) is 329 Å². The number of imide groups is 4. The molecule has 0 radical (unpaired) electrons. The molecular weight excluding hydrogens is 908 g/mol. The Kier molecular flexibility index (Phi) is 22.7. The average molecular weight is 961 g/mol. The number of ether oxygens (including phenoxy) is 9. The predicted octanol–water partition coefficient (Wildman–Crippen LogP) is -3.38. The van der Waals surface area contributed by atoms with E-state index in [1.807, 2.05) is 0 Å². The molecule has 4 heterocycles. The van der Waals surface area contributed by atoms with Crippen LogP contribution >= 0.6 is 0 Å². The van der Waals surface area contributed by atoms with Crippen LogP contribution in [0, 0.1) is 5.41 Å². The van der Waals surface area contributed by atoms with Crippen molar-refractivity contribution in [3.8, 4) is 0 Å². The summed E-state index contributed by atoms with van der Waals surface area (Å²) in [4.78, 5) is 158. The van der Waals surface area contributed by atoms with E-state index in [9.17, 15) is 57.5 Å². The lowest BCUT2D eigenvalue weighted by atomic mass is 9.92. The highest BCUT2D eigenvalue weighted by Gasteiger charge is 2.36. The first-order chi connectivity index (χ1) is 32.2. The third-order valence-electron chi connectivity index (χ3n) is 9.33. The summed E-state index contributed by atoms with van der Waals surface area (Å²) in [5.74, 6) is -8.42. The number of rotatable bonds is 34. The molecule has 4 rings (SSSR count). The average Bonchev–Trinajstić information content (AvgIpc) is 4.01. The van der Waals surface area contributed by atoms with Crippen LogP contribution in [0.2, 0.25) is 0 Å². The summed E-state index contributed by atoms with van der Waals surface area (Å²) in [5.41, 5.74) is -1.16. The number of carbonyl (C=O) groups excluding carboxylic acids is 12. The standard InChI is InChI=1S/C39H52N4O24/c44-27-1-2-28(45)40(27)9-10-64-35(52)19-56-11-15-60-23-39(24-61-16-12-57-20-36(53)65-41-29(46)3-4-30(41)47,25-62-17-13-58-21-37(54)66-42-31(48)5-6-32(42)49)26-63-18-14-59-22-38(55)67-43-33(50)7-8-34(43)51/h1-26H2. The Morgan fingerprint density at radius 3 is 0.896 bits per heavy atom. The Morgan fingerprint density at radius 2 is 0.597 bits per heavy atom. The van der Waals surface area contributed by atoms with Gasteiger partial charge in [-0.15, -0.1) is 15.2 Å². The molecule has 28 heteroatoms. The molecule has 4 fully saturated rings. The summed E-state index contributed by atoms with van der Waals surface area (Å²) in [5, 5.41) is 1.13. The molecule has 0 atom stereocenters. The van der Waals surface area contributed by atoms with Gasteiger partial charge in [-0.2, -0.15) is 0 Å². The zero-order valence-corrected chi connectivity index (χ0v) is 36.5. The van der Waals surface area contributed by atoms with E-state index < -0.39 is 91.2 Å². The van der Waals surface area contributed by atoms with E-state index in [4.69, 9.17) is 57.1 Å². The van der Waals surface area contributed by atoms with Crippen LogP contribution < -0.4 is 0 Å². The molecule has 28 nitrogen and oxygen atoms in total. The summed E-state index contributed by atoms with van der Waals surface area (Å²) in [7, 11) is 0. The van der Waals surface area contributed by atoms with Gasteiger partial charge in [0.1, 0.15) is 33.0 Å². The number of amides is 8. The summed E-state index contributed by atoms with van der Waals surface area (Å²) in [6, 6.07) is 0. The van der Waals surface area contributed by atoms with E-state index in [1.54, 1.807) is 0 Å². The first-order valence-electron chi connectivity index (χ1n) is 21.0. The molecule has 0 bridgehead atoms. The van der Waals surface area contributed by atoms with Crippen molar-refractivity contribution in [2.24, 2.45) is 5.41 Å². The van der Waals surface area contributed by atoms with Crippen molar-refractivity contribution in [2.45, 2.75) is 51.4 Å². The molecule has 0 aromatic carbocycles. The minimum Gasteiger partial charge on any atom is -0.462 e. The quantitative estimate of drug-likeness (QED) is 0.0345. The maximum atomic E-state index is 12.2. The van der Waals surface area contributed by atoms with Gasteiger partial charge in [0.05, 0.1) is 91.2 Å². The summed E-state index contributed by atoms with van der Waals surface area (Å²) in [6.07, 6.45) is -0.321. The zero-order valence-electron chi connectivity index (χ0n) is 36.5. The molecule has 0 N–H and O–H groups in total. The van der Waals surface area contributed by atoms with Gasteiger partial charge in [-0.05, 0) is 0 Å². The number of hydrogen-bond donors (Lipinski definition) is 0. The number of likely N-dealkylation sites (tertiary alicyclic amines) is 1. The van der Waals surface area contributed by atoms with Gasteiger partial charge in [0, 0.05) is 51.4 Å². The second-order valence-electron chi connectivity index (χ2n) is 14.7. The van der Waals surface area contributed by atoms with Crippen molar-refractivity contribution in [3.05, 3.63) is 0 Å². The van der Waals surface area contributed by atoms with Crippen LogP contribution in [0.4, 0.5) is 0 Å². The van der Waals surface area contributed by atoms with Crippen molar-refractivity contribution in [1.82, 2.24) is 20.1 Å². The minimum atomic E-state index is -1.16. The highest BCUT2D eigenvalue weighted by molar-refractivity contribution is 6.03. The van der Waals surface area contributed by atoms with Gasteiger partial charge in [0.2, 0.25) is 11.8 Å². The fourth-order valence-corrected chi connectivity index (χ4v) is 6.02. The molecular formula is C39H52N4O24. The normalized spacial score (nSPS) is 16.6. The van der Waals surface area contributed by atoms with Crippen LogP contribution in [0.5, 0.6) is 0 Å². The first kappa shape index (κ1) is 53.7. The SMILES string of the molecule is O=C(COCCOCC(COCCOCC(=O)ON1C(=O)CCC1=O)(COCCOCC(=O)ON1C(=O)CCC1=O)COCCOCC(=O)ON1C(=O)CCC1=O)OCCN1C(=O)CCC1=O. The Bertz CT molecular complexity index is 1610. The Hall–Kier alpha value is -5.88. The van der Waals surface area contributed by atoms with E-state index >= 15 is 0 Å². The smallest absolute Gasteiger partial charge is 0.358 e. The second-order valence-corrected chi connectivity index (χ2v) is 14.7. The van der Waals surface area contributed by atoms with Crippen molar-refractivity contribution < 1.29 is 115 Å². The van der Waals surface area contributed by atoms with Crippen LogP contribution in [0.3, 0.4) is 0 Å². The van der Waals surface area contributed by atoms with E-state index in [2.05, 4.69) is 0 Å². The number of nitrogens with zero attached hydrogens (tertiary/aromatic N) is 4. The molecule has 0 aromatic heterocycles. The third-order valence-corrected chi connectivity index (χ3v) is 9.33. The molecule has 372 valence electrons. The molecule has 0 aromatic rings. The van der Waals surface area contributed by atoms with Crippen molar-refractivity contribution in [2.75, 3.05) is 119 Å².